The molecule has 1 aliphatic heterocycles. The third-order valence-electron chi connectivity index (χ3n) is 3.79. The SMILES string of the molecule is NCC(O)CN1C[C@H]2CCCC[C@H]2C1. The molecule has 0 aromatic rings. The maximum atomic E-state index is 9.49. The Hall–Kier alpha value is -0.120. The van der Waals surface area contributed by atoms with E-state index >= 15 is 0 Å². The van der Waals surface area contributed by atoms with Crippen LogP contribution < -0.4 is 5.73 Å². The highest BCUT2D eigenvalue weighted by Crippen LogP contribution is 2.35. The predicted octanol–water partition coefficient (Wildman–Crippen LogP) is 0.428. The Balaban J connectivity index is 1.80. The summed E-state index contributed by atoms with van der Waals surface area (Å²) in [6.07, 6.45) is 5.30. The molecule has 0 aromatic carbocycles. The first-order valence-electron chi connectivity index (χ1n) is 5.90. The molecule has 1 unspecified atom stereocenters. The lowest BCUT2D eigenvalue weighted by Crippen LogP contribution is -2.35. The van der Waals surface area contributed by atoms with Gasteiger partial charge in [-0.1, -0.05) is 12.8 Å². The Bertz CT molecular complexity index is 172. The van der Waals surface area contributed by atoms with Gasteiger partial charge in [-0.3, -0.25) is 0 Å². The molecule has 0 bridgehead atoms. The van der Waals surface area contributed by atoms with Crippen molar-refractivity contribution in [2.45, 2.75) is 31.8 Å². The molecule has 82 valence electrons. The summed E-state index contributed by atoms with van der Waals surface area (Å²) in [7, 11) is 0. The molecule has 1 aliphatic carbocycles. The van der Waals surface area contributed by atoms with E-state index in [4.69, 9.17) is 5.73 Å². The van der Waals surface area contributed by atoms with E-state index in [-0.39, 0.29) is 6.10 Å². The molecule has 3 heteroatoms. The number of rotatable bonds is 3. The highest BCUT2D eigenvalue weighted by atomic mass is 16.3. The fourth-order valence-electron chi connectivity index (χ4n) is 3.02. The van der Waals surface area contributed by atoms with Crippen LogP contribution in [0.15, 0.2) is 0 Å². The zero-order valence-corrected chi connectivity index (χ0v) is 8.86. The van der Waals surface area contributed by atoms with Gasteiger partial charge in [0.15, 0.2) is 0 Å². The van der Waals surface area contributed by atoms with Gasteiger partial charge in [0, 0.05) is 26.2 Å². The molecule has 0 amide bonds. The van der Waals surface area contributed by atoms with Crippen molar-refractivity contribution in [3.05, 3.63) is 0 Å². The highest BCUT2D eigenvalue weighted by Gasteiger charge is 2.34. The van der Waals surface area contributed by atoms with Crippen molar-refractivity contribution in [3.8, 4) is 0 Å². The number of hydrogen-bond acceptors (Lipinski definition) is 3. The topological polar surface area (TPSA) is 49.5 Å². The number of β-amino-alcohol motifs (C(OH)–C–C–N with tert-alkyl or cyclic N) is 1. The van der Waals surface area contributed by atoms with Crippen LogP contribution in [0.25, 0.3) is 0 Å². The monoisotopic (exact) mass is 198 g/mol. The standard InChI is InChI=1S/C11H22N2O/c12-5-11(14)8-13-6-9-3-1-2-4-10(9)7-13/h9-11,14H,1-8,12H2/t9-,10+,11?. The molecule has 1 saturated heterocycles. The van der Waals surface area contributed by atoms with Crippen LogP contribution in [0.1, 0.15) is 25.7 Å². The summed E-state index contributed by atoms with van der Waals surface area (Å²) < 4.78 is 0. The van der Waals surface area contributed by atoms with E-state index in [9.17, 15) is 5.11 Å². The van der Waals surface area contributed by atoms with Crippen molar-refractivity contribution in [2.75, 3.05) is 26.2 Å². The van der Waals surface area contributed by atoms with Crippen LogP contribution in [-0.2, 0) is 0 Å². The molecular weight excluding hydrogens is 176 g/mol. The molecule has 0 radical (unpaired) electrons. The minimum atomic E-state index is -0.324. The second-order valence-electron chi connectivity index (χ2n) is 4.91. The Morgan fingerprint density at radius 3 is 2.29 bits per heavy atom. The number of fused-ring (bicyclic) bond motifs is 1. The Morgan fingerprint density at radius 1 is 1.21 bits per heavy atom. The van der Waals surface area contributed by atoms with Crippen LogP contribution >= 0.6 is 0 Å². The summed E-state index contributed by atoms with van der Waals surface area (Å²) in [5, 5.41) is 9.49. The van der Waals surface area contributed by atoms with Crippen LogP contribution in [-0.4, -0.2) is 42.3 Å². The molecule has 3 nitrogen and oxygen atoms in total. The molecule has 3 N–H and O–H groups in total. The predicted molar refractivity (Wildman–Crippen MR) is 56.9 cm³/mol. The first-order chi connectivity index (χ1) is 6.79. The largest absolute Gasteiger partial charge is 0.390 e. The van der Waals surface area contributed by atoms with Gasteiger partial charge in [0.1, 0.15) is 0 Å². The van der Waals surface area contributed by atoms with Crippen LogP contribution in [0.4, 0.5) is 0 Å². The smallest absolute Gasteiger partial charge is 0.0789 e. The summed E-state index contributed by atoms with van der Waals surface area (Å²) in [5.74, 6) is 1.82. The second kappa shape index (κ2) is 4.60. The second-order valence-corrected chi connectivity index (χ2v) is 4.91. The highest BCUT2D eigenvalue weighted by molar-refractivity contribution is 4.87. The number of nitrogens with two attached hydrogens (primary N) is 1. The molecular formula is C11H22N2O. The molecule has 0 spiro atoms. The first-order valence-corrected chi connectivity index (χ1v) is 5.90. The summed E-state index contributed by atoms with van der Waals surface area (Å²) in [4.78, 5) is 2.40. The van der Waals surface area contributed by atoms with E-state index in [1.807, 2.05) is 0 Å². The maximum absolute atomic E-state index is 9.49. The normalized spacial score (nSPS) is 35.6. The zero-order valence-electron chi connectivity index (χ0n) is 8.86. The number of aliphatic hydroxyl groups is 1. The quantitative estimate of drug-likeness (QED) is 0.691. The number of aliphatic hydroxyl groups excluding tert-OH is 1. The summed E-state index contributed by atoms with van der Waals surface area (Å²) in [6, 6.07) is 0. The van der Waals surface area contributed by atoms with Gasteiger partial charge in [-0.15, -0.1) is 0 Å². The van der Waals surface area contributed by atoms with Crippen molar-refractivity contribution < 1.29 is 5.11 Å². The van der Waals surface area contributed by atoms with Crippen molar-refractivity contribution in [2.24, 2.45) is 17.6 Å². The molecule has 0 aromatic heterocycles. The lowest BCUT2D eigenvalue weighted by atomic mass is 9.82. The summed E-state index contributed by atoms with van der Waals surface area (Å²) >= 11 is 0. The fourth-order valence-corrected chi connectivity index (χ4v) is 3.02. The summed E-state index contributed by atoms with van der Waals surface area (Å²) in [6.45, 7) is 3.57. The number of likely N-dealkylation sites (tertiary alicyclic amines) is 1. The van der Waals surface area contributed by atoms with Gasteiger partial charge in [-0.05, 0) is 24.7 Å². The van der Waals surface area contributed by atoms with Gasteiger partial charge in [0.2, 0.25) is 0 Å². The Kier molecular flexibility index (Phi) is 3.42. The first kappa shape index (κ1) is 10.4. The van der Waals surface area contributed by atoms with Gasteiger partial charge < -0.3 is 15.7 Å². The maximum Gasteiger partial charge on any atom is 0.0789 e. The van der Waals surface area contributed by atoms with E-state index in [2.05, 4.69) is 4.90 Å². The van der Waals surface area contributed by atoms with Crippen LogP contribution in [0.3, 0.4) is 0 Å². The van der Waals surface area contributed by atoms with E-state index in [1.165, 1.54) is 38.8 Å². The third-order valence-corrected chi connectivity index (χ3v) is 3.79. The minimum Gasteiger partial charge on any atom is -0.390 e. The van der Waals surface area contributed by atoms with Crippen LogP contribution in [0.5, 0.6) is 0 Å². The van der Waals surface area contributed by atoms with Crippen LogP contribution in [0.2, 0.25) is 0 Å². The molecule has 14 heavy (non-hydrogen) atoms. The van der Waals surface area contributed by atoms with Gasteiger partial charge in [0.05, 0.1) is 6.10 Å². The molecule has 1 heterocycles. The van der Waals surface area contributed by atoms with E-state index in [0.717, 1.165) is 18.4 Å². The van der Waals surface area contributed by atoms with Crippen molar-refractivity contribution in [3.63, 3.8) is 0 Å². The van der Waals surface area contributed by atoms with E-state index in [0.29, 0.717) is 6.54 Å². The van der Waals surface area contributed by atoms with Gasteiger partial charge in [0.25, 0.3) is 0 Å². The molecule has 3 atom stereocenters. The Labute approximate surface area is 86.3 Å². The molecule has 1 saturated carbocycles. The van der Waals surface area contributed by atoms with Gasteiger partial charge >= 0.3 is 0 Å². The average molecular weight is 198 g/mol. The van der Waals surface area contributed by atoms with E-state index < -0.39 is 0 Å². The minimum absolute atomic E-state index is 0.324. The molecule has 2 fully saturated rings. The van der Waals surface area contributed by atoms with Gasteiger partial charge in [-0.25, -0.2) is 0 Å². The van der Waals surface area contributed by atoms with Crippen molar-refractivity contribution in [1.29, 1.82) is 0 Å². The lowest BCUT2D eigenvalue weighted by Gasteiger charge is -2.23. The zero-order chi connectivity index (χ0) is 9.97. The average Bonchev–Trinajstić information content (AvgIpc) is 2.59. The molecule has 2 rings (SSSR count). The third kappa shape index (κ3) is 2.27. The van der Waals surface area contributed by atoms with Crippen molar-refractivity contribution in [1.82, 2.24) is 4.90 Å². The van der Waals surface area contributed by atoms with Gasteiger partial charge in [-0.2, -0.15) is 0 Å². The van der Waals surface area contributed by atoms with Crippen molar-refractivity contribution >= 4 is 0 Å². The molecule has 2 aliphatic rings. The number of nitrogens with zero attached hydrogens (tertiary/aromatic N) is 1. The van der Waals surface area contributed by atoms with Crippen LogP contribution in [0, 0.1) is 11.8 Å². The summed E-state index contributed by atoms with van der Waals surface area (Å²) in [5.41, 5.74) is 5.42. The van der Waals surface area contributed by atoms with E-state index in [1.54, 1.807) is 0 Å². The number of hydrogen-bond donors (Lipinski definition) is 2. The fraction of sp³-hybridized carbons (Fsp3) is 1.00. The lowest BCUT2D eigenvalue weighted by molar-refractivity contribution is 0.129. The Morgan fingerprint density at radius 2 is 1.79 bits per heavy atom.